The average Bonchev–Trinajstić information content (AvgIpc) is 3.25. The Hall–Kier alpha value is -2.64. The van der Waals surface area contributed by atoms with Gasteiger partial charge in [0.05, 0.1) is 11.6 Å². The molecule has 0 atom stereocenters. The van der Waals surface area contributed by atoms with E-state index in [2.05, 4.69) is 40.3 Å². The Bertz CT molecular complexity index is 1190. The van der Waals surface area contributed by atoms with Crippen molar-refractivity contribution >= 4 is 44.1 Å². The van der Waals surface area contributed by atoms with E-state index in [9.17, 15) is 9.59 Å². The molecule has 172 valence electrons. The molecule has 33 heavy (non-hydrogen) atoms. The maximum atomic E-state index is 12.6. The van der Waals surface area contributed by atoms with Gasteiger partial charge in [0.1, 0.15) is 16.3 Å². The van der Waals surface area contributed by atoms with E-state index in [1.807, 2.05) is 29.6 Å². The van der Waals surface area contributed by atoms with Gasteiger partial charge in [0.2, 0.25) is 0 Å². The second kappa shape index (κ2) is 10.5. The zero-order valence-corrected chi connectivity index (χ0v) is 21.1. The number of methoxy groups -OCH3 is 1. The molecule has 5 nitrogen and oxygen atoms in total. The first-order valence-corrected chi connectivity index (χ1v) is 12.7. The van der Waals surface area contributed by atoms with Gasteiger partial charge in [-0.1, -0.05) is 31.2 Å². The summed E-state index contributed by atoms with van der Waals surface area (Å²) in [4.78, 5) is 25.3. The molecule has 1 aliphatic rings. The fourth-order valence-corrected chi connectivity index (χ4v) is 5.57. The number of ether oxygens (including phenoxy) is 2. The summed E-state index contributed by atoms with van der Waals surface area (Å²) in [5.74, 6) is -0.222. The fraction of sp³-hybridized carbons (Fsp3) is 0.308. The Morgan fingerprint density at radius 1 is 1.09 bits per heavy atom. The lowest BCUT2D eigenvalue weighted by molar-refractivity contribution is -0.118. The molecule has 0 bridgehead atoms. The molecule has 0 fully saturated rings. The van der Waals surface area contributed by atoms with Crippen LogP contribution in [0.5, 0.6) is 5.75 Å². The number of carbonyl (C=O) groups excluding carboxylic acids is 2. The number of carbonyl (C=O) groups is 2. The minimum Gasteiger partial charge on any atom is -0.483 e. The van der Waals surface area contributed by atoms with Crippen LogP contribution in [-0.2, 0) is 28.8 Å². The standard InChI is InChI=1S/C26H26BrNO4S/c1-3-16-8-11-22(21(27)12-16)32-14-23(29)28-25-24(26(30)31-2)20(15-33-25)19-10-9-17-6-4-5-7-18(17)13-19/h8-13,15H,3-7,14H2,1-2H3,(H,28,29). The second-order valence-corrected chi connectivity index (χ2v) is 9.72. The Kier molecular flexibility index (Phi) is 7.50. The first-order chi connectivity index (χ1) is 16.0. The van der Waals surface area contributed by atoms with E-state index in [-0.39, 0.29) is 12.5 Å². The monoisotopic (exact) mass is 527 g/mol. The van der Waals surface area contributed by atoms with E-state index in [1.54, 1.807) is 0 Å². The SMILES string of the molecule is CCc1ccc(OCC(=O)Nc2scc(-c3ccc4c(c3)CCCC4)c2C(=O)OC)c(Br)c1. The van der Waals surface area contributed by atoms with E-state index < -0.39 is 5.97 Å². The van der Waals surface area contributed by atoms with E-state index in [0.29, 0.717) is 16.3 Å². The molecule has 7 heteroatoms. The van der Waals surface area contributed by atoms with Gasteiger partial charge in [0.15, 0.2) is 6.61 Å². The topological polar surface area (TPSA) is 64.6 Å². The van der Waals surface area contributed by atoms with Crippen LogP contribution in [0.2, 0.25) is 0 Å². The van der Waals surface area contributed by atoms with Crippen molar-refractivity contribution in [3.8, 4) is 16.9 Å². The van der Waals surface area contributed by atoms with Gasteiger partial charge >= 0.3 is 5.97 Å². The lowest BCUT2D eigenvalue weighted by Gasteiger charge is -2.16. The Morgan fingerprint density at radius 3 is 2.61 bits per heavy atom. The third-order valence-corrected chi connectivity index (χ3v) is 7.37. The van der Waals surface area contributed by atoms with Gasteiger partial charge in [0.25, 0.3) is 5.91 Å². The van der Waals surface area contributed by atoms with Crippen LogP contribution in [-0.4, -0.2) is 25.6 Å². The predicted octanol–water partition coefficient (Wildman–Crippen LogP) is 6.42. The molecule has 4 rings (SSSR count). The molecule has 0 spiro atoms. The largest absolute Gasteiger partial charge is 0.483 e. The molecule has 0 unspecified atom stereocenters. The number of benzene rings is 2. The summed E-state index contributed by atoms with van der Waals surface area (Å²) < 4.78 is 11.5. The van der Waals surface area contributed by atoms with Crippen molar-refractivity contribution in [2.24, 2.45) is 0 Å². The maximum Gasteiger partial charge on any atom is 0.341 e. The lowest BCUT2D eigenvalue weighted by atomic mass is 9.89. The highest BCUT2D eigenvalue weighted by Crippen LogP contribution is 2.38. The van der Waals surface area contributed by atoms with Crippen molar-refractivity contribution in [2.45, 2.75) is 39.0 Å². The van der Waals surface area contributed by atoms with Crippen LogP contribution in [0.4, 0.5) is 5.00 Å². The summed E-state index contributed by atoms with van der Waals surface area (Å²) in [6.07, 6.45) is 5.47. The van der Waals surface area contributed by atoms with Gasteiger partial charge < -0.3 is 14.8 Å². The van der Waals surface area contributed by atoms with Crippen LogP contribution in [0.1, 0.15) is 46.8 Å². The number of fused-ring (bicyclic) bond motifs is 1. The van der Waals surface area contributed by atoms with Gasteiger partial charge in [-0.2, -0.15) is 0 Å². The number of amides is 1. The smallest absolute Gasteiger partial charge is 0.341 e. The molecule has 0 saturated carbocycles. The number of thiophene rings is 1. The third-order valence-electron chi connectivity index (χ3n) is 5.86. The third kappa shape index (κ3) is 5.31. The number of hydrogen-bond acceptors (Lipinski definition) is 5. The quantitative estimate of drug-likeness (QED) is 0.360. The minimum atomic E-state index is -0.474. The van der Waals surface area contributed by atoms with Gasteiger partial charge in [-0.25, -0.2) is 4.79 Å². The predicted molar refractivity (Wildman–Crippen MR) is 135 cm³/mol. The number of anilines is 1. The summed E-state index contributed by atoms with van der Waals surface area (Å²) in [5, 5.41) is 5.19. The number of nitrogens with one attached hydrogen (secondary N) is 1. The van der Waals surface area contributed by atoms with Crippen LogP contribution >= 0.6 is 27.3 Å². The molecule has 0 saturated heterocycles. The lowest BCUT2D eigenvalue weighted by Crippen LogP contribution is -2.21. The first-order valence-electron chi connectivity index (χ1n) is 11.0. The summed E-state index contributed by atoms with van der Waals surface area (Å²) in [6.45, 7) is 1.91. The molecular weight excluding hydrogens is 502 g/mol. The Morgan fingerprint density at radius 2 is 1.88 bits per heavy atom. The zero-order chi connectivity index (χ0) is 23.4. The molecule has 0 aliphatic heterocycles. The van der Waals surface area contributed by atoms with Crippen molar-refractivity contribution < 1.29 is 19.1 Å². The number of esters is 1. The minimum absolute atomic E-state index is 0.170. The van der Waals surface area contributed by atoms with Crippen molar-refractivity contribution in [1.29, 1.82) is 0 Å². The summed E-state index contributed by atoms with van der Waals surface area (Å²) in [6, 6.07) is 12.1. The van der Waals surface area contributed by atoms with E-state index in [0.717, 1.165) is 34.9 Å². The van der Waals surface area contributed by atoms with Gasteiger partial charge in [-0.15, -0.1) is 11.3 Å². The molecule has 1 aromatic heterocycles. The second-order valence-electron chi connectivity index (χ2n) is 7.99. The molecule has 1 N–H and O–H groups in total. The average molecular weight is 528 g/mol. The number of aryl methyl sites for hydroxylation is 3. The molecule has 1 heterocycles. The molecular formula is C26H26BrNO4S. The highest BCUT2D eigenvalue weighted by Gasteiger charge is 2.23. The molecule has 1 aliphatic carbocycles. The number of halogens is 1. The van der Waals surface area contributed by atoms with Crippen molar-refractivity contribution in [3.63, 3.8) is 0 Å². The summed E-state index contributed by atoms with van der Waals surface area (Å²) in [7, 11) is 1.35. The van der Waals surface area contributed by atoms with E-state index in [4.69, 9.17) is 9.47 Å². The van der Waals surface area contributed by atoms with Gasteiger partial charge in [0, 0.05) is 10.9 Å². The fourth-order valence-electron chi connectivity index (χ4n) is 4.06. The number of hydrogen-bond donors (Lipinski definition) is 1. The van der Waals surface area contributed by atoms with Crippen molar-refractivity contribution in [1.82, 2.24) is 0 Å². The van der Waals surface area contributed by atoms with Crippen LogP contribution in [0, 0.1) is 0 Å². The van der Waals surface area contributed by atoms with Crippen LogP contribution < -0.4 is 10.1 Å². The normalized spacial score (nSPS) is 12.7. The maximum absolute atomic E-state index is 12.6. The van der Waals surface area contributed by atoms with Crippen LogP contribution in [0.25, 0.3) is 11.1 Å². The summed E-state index contributed by atoms with van der Waals surface area (Å²) >= 11 is 4.80. The molecule has 1 amide bonds. The molecule has 0 radical (unpaired) electrons. The van der Waals surface area contributed by atoms with Crippen molar-refractivity contribution in [2.75, 3.05) is 19.0 Å². The first kappa shape index (κ1) is 23.5. The van der Waals surface area contributed by atoms with Gasteiger partial charge in [-0.05, 0) is 82.4 Å². The summed E-state index contributed by atoms with van der Waals surface area (Å²) in [5.41, 5.74) is 6.00. The van der Waals surface area contributed by atoms with Crippen LogP contribution in [0.3, 0.4) is 0 Å². The molecule has 2 aromatic carbocycles. The van der Waals surface area contributed by atoms with E-state index >= 15 is 0 Å². The zero-order valence-electron chi connectivity index (χ0n) is 18.7. The Labute approximate surface area is 206 Å². The number of rotatable bonds is 7. The highest BCUT2D eigenvalue weighted by molar-refractivity contribution is 9.10. The Balaban J connectivity index is 1.53. The van der Waals surface area contributed by atoms with E-state index in [1.165, 1.54) is 48.0 Å². The van der Waals surface area contributed by atoms with Crippen molar-refractivity contribution in [3.05, 3.63) is 68.5 Å². The van der Waals surface area contributed by atoms with Crippen LogP contribution in [0.15, 0.2) is 46.3 Å². The molecule has 3 aromatic rings. The highest BCUT2D eigenvalue weighted by atomic mass is 79.9. The van der Waals surface area contributed by atoms with Gasteiger partial charge in [-0.3, -0.25) is 4.79 Å².